The molecular weight excluding hydrogens is 1010 g/mol. The highest BCUT2D eigenvalue weighted by Crippen LogP contribution is 2.47. The van der Waals surface area contributed by atoms with Gasteiger partial charge in [0.25, 0.3) is 5.92 Å². The van der Waals surface area contributed by atoms with Gasteiger partial charge in [0.05, 0.1) is 32.4 Å². The third-order valence-electron chi connectivity index (χ3n) is 10.9. The lowest BCUT2D eigenvalue weighted by atomic mass is 9.93. The molecule has 2 unspecified atom stereocenters. The minimum absolute atomic E-state index is 0.0244. The third kappa shape index (κ3) is 12.2. The molecule has 0 aliphatic heterocycles. The first-order chi connectivity index (χ1) is 32.5. The standard InChI is InChI=1S/C44H41ClF10N8O5S2/c1-41(2,69-4)14-12-26-8-9-27(28-10-11-30(45)34-36(28)62(22-43(50,51)52)59-39(34)63(70(5)68)40(67)60(3)16-6-7-33(65)66)35(56-26)31(19-23-17-24(46)20-25(47)18-23)57-32(64)21-61-38-29(13-15-42(38,48)49)37(58-61)44(53,54)55/h8-11,17-18,20,31H,6-7,13,15-16,19,21-22H2,1-5H3,(H,57,64)(H,65,66). The number of hydrogen-bond donors (Lipinski definition) is 2. The molecule has 376 valence electrons. The SMILES string of the molecule is CSC(C)(C)C#Cc1ccc(-c2ccc(Cl)c3c(N(C(=O)N(C)CCCC(=O)O)S(C)=O)nn(CC(F)(F)F)c23)c(C(Cc2cc(F)cc(F)c2)NC(=O)Cn2nc(C(F)(F)F)c3c2C(F)(F)CC3)n1. The minimum Gasteiger partial charge on any atom is -0.481 e. The second kappa shape index (κ2) is 20.5. The van der Waals surface area contributed by atoms with Crippen molar-refractivity contribution in [1.29, 1.82) is 0 Å². The van der Waals surface area contributed by atoms with E-state index < -0.39 is 130 Å². The molecule has 3 amide bonds. The summed E-state index contributed by atoms with van der Waals surface area (Å²) in [5, 5.41) is 18.4. The van der Waals surface area contributed by atoms with Gasteiger partial charge in [-0.1, -0.05) is 23.6 Å². The largest absolute Gasteiger partial charge is 0.481 e. The number of thioether (sulfide) groups is 1. The number of alkyl halides is 8. The zero-order chi connectivity index (χ0) is 51.8. The second-order valence-electron chi connectivity index (χ2n) is 16.6. The number of halogens is 11. The number of nitrogens with one attached hydrogen (secondary N) is 1. The molecule has 13 nitrogen and oxygen atoms in total. The molecule has 1 aliphatic carbocycles. The first-order valence-electron chi connectivity index (χ1n) is 20.8. The van der Waals surface area contributed by atoms with Crippen molar-refractivity contribution >= 4 is 69.0 Å². The highest BCUT2D eigenvalue weighted by molar-refractivity contribution is 8.00. The van der Waals surface area contributed by atoms with Crippen LogP contribution in [0.5, 0.6) is 0 Å². The van der Waals surface area contributed by atoms with Gasteiger partial charge >= 0.3 is 24.4 Å². The van der Waals surface area contributed by atoms with Gasteiger partial charge in [0.15, 0.2) is 11.5 Å². The molecule has 26 heteroatoms. The fourth-order valence-electron chi connectivity index (χ4n) is 7.69. The first-order valence-corrected chi connectivity index (χ1v) is 23.9. The number of amides is 3. The molecule has 0 saturated heterocycles. The number of urea groups is 1. The molecule has 1 aliphatic rings. The summed E-state index contributed by atoms with van der Waals surface area (Å²) in [5.74, 6) is -3.16. The summed E-state index contributed by atoms with van der Waals surface area (Å²) in [6.07, 6.45) is -10.1. The van der Waals surface area contributed by atoms with E-state index in [0.29, 0.717) is 15.1 Å². The van der Waals surface area contributed by atoms with E-state index in [2.05, 4.69) is 32.3 Å². The topological polar surface area (TPSA) is 156 Å². The van der Waals surface area contributed by atoms with Gasteiger partial charge in [-0.2, -0.15) is 49.6 Å². The van der Waals surface area contributed by atoms with Crippen LogP contribution in [-0.4, -0.2) is 93.7 Å². The quantitative estimate of drug-likeness (QED) is 0.0771. The Bertz CT molecular complexity index is 2930. The normalized spacial score (nSPS) is 14.5. The third-order valence-corrected chi connectivity index (χ3v) is 13.2. The van der Waals surface area contributed by atoms with E-state index in [4.69, 9.17) is 16.7 Å². The Balaban J connectivity index is 1.61. The van der Waals surface area contributed by atoms with Crippen LogP contribution in [-0.2, 0) is 58.6 Å². The van der Waals surface area contributed by atoms with Crippen LogP contribution < -0.4 is 9.62 Å². The van der Waals surface area contributed by atoms with Crippen molar-refractivity contribution < 1.29 is 67.6 Å². The maximum absolute atomic E-state index is 15.2. The molecule has 2 atom stereocenters. The van der Waals surface area contributed by atoms with E-state index in [-0.39, 0.29) is 62.6 Å². The number of carboxylic acids is 1. The number of carbonyl (C=O) groups excluding carboxylic acids is 2. The summed E-state index contributed by atoms with van der Waals surface area (Å²) in [5.41, 5.74) is -4.81. The molecule has 5 aromatic rings. The summed E-state index contributed by atoms with van der Waals surface area (Å²) in [6.45, 7) is 0.261. The molecule has 0 radical (unpaired) electrons. The summed E-state index contributed by atoms with van der Waals surface area (Å²) in [6, 6.07) is 4.69. The number of nitrogens with zero attached hydrogens (tertiary/aromatic N) is 7. The fraction of sp³-hybridized carbons (Fsp3) is 0.409. The van der Waals surface area contributed by atoms with Crippen LogP contribution in [0.25, 0.3) is 22.0 Å². The molecule has 3 aromatic heterocycles. The van der Waals surface area contributed by atoms with Gasteiger partial charge in [0, 0.05) is 55.4 Å². The number of carbonyl (C=O) groups is 3. The number of carboxylic acid groups (broad SMARTS) is 1. The number of benzene rings is 2. The summed E-state index contributed by atoms with van der Waals surface area (Å²) < 4.78 is 159. The number of hydrogen-bond acceptors (Lipinski definition) is 8. The molecule has 0 spiro atoms. The summed E-state index contributed by atoms with van der Waals surface area (Å²) in [7, 11) is -1.14. The minimum atomic E-state index is -5.18. The number of aromatic nitrogens is 5. The van der Waals surface area contributed by atoms with Crippen LogP contribution in [0.2, 0.25) is 5.02 Å². The molecule has 70 heavy (non-hydrogen) atoms. The summed E-state index contributed by atoms with van der Waals surface area (Å²) in [4.78, 5) is 44.8. The number of aliphatic carboxylic acids is 1. The van der Waals surface area contributed by atoms with Crippen LogP contribution in [0, 0.1) is 23.5 Å². The van der Waals surface area contributed by atoms with Crippen LogP contribution in [0.3, 0.4) is 0 Å². The zero-order valence-corrected chi connectivity index (χ0v) is 39.8. The Morgan fingerprint density at radius 1 is 1.01 bits per heavy atom. The van der Waals surface area contributed by atoms with Crippen molar-refractivity contribution in [2.24, 2.45) is 0 Å². The van der Waals surface area contributed by atoms with Gasteiger partial charge in [-0.3, -0.25) is 19.0 Å². The van der Waals surface area contributed by atoms with E-state index in [1.165, 1.54) is 43.1 Å². The molecule has 3 heterocycles. The predicted molar refractivity (Wildman–Crippen MR) is 240 cm³/mol. The molecule has 2 aromatic carbocycles. The van der Waals surface area contributed by atoms with Gasteiger partial charge in [0.2, 0.25) is 5.91 Å². The van der Waals surface area contributed by atoms with Gasteiger partial charge < -0.3 is 15.3 Å². The van der Waals surface area contributed by atoms with Crippen LogP contribution in [0.15, 0.2) is 42.5 Å². The first kappa shape index (κ1) is 53.5. The Hall–Kier alpha value is -5.87. The number of pyridine rings is 1. The number of rotatable bonds is 15. The zero-order valence-electron chi connectivity index (χ0n) is 37.5. The highest BCUT2D eigenvalue weighted by atomic mass is 35.5. The van der Waals surface area contributed by atoms with Crippen LogP contribution in [0.1, 0.15) is 73.1 Å². The lowest BCUT2D eigenvalue weighted by Gasteiger charge is -2.25. The lowest BCUT2D eigenvalue weighted by Crippen LogP contribution is -2.43. The number of fused-ring (bicyclic) bond motifs is 2. The van der Waals surface area contributed by atoms with Crippen molar-refractivity contribution in [3.05, 3.63) is 93.0 Å². The molecule has 2 N–H and O–H groups in total. The van der Waals surface area contributed by atoms with Gasteiger partial charge in [0.1, 0.15) is 47.1 Å². The Morgan fingerprint density at radius 2 is 1.67 bits per heavy atom. The van der Waals surface area contributed by atoms with Gasteiger partial charge in [-0.05, 0) is 81.2 Å². The van der Waals surface area contributed by atoms with E-state index >= 15 is 8.78 Å². The van der Waals surface area contributed by atoms with Crippen molar-refractivity contribution in [3.63, 3.8) is 0 Å². The van der Waals surface area contributed by atoms with E-state index in [9.17, 15) is 53.7 Å². The lowest BCUT2D eigenvalue weighted by molar-refractivity contribution is -0.143. The Morgan fingerprint density at radius 3 is 2.27 bits per heavy atom. The van der Waals surface area contributed by atoms with Crippen molar-refractivity contribution in [3.8, 4) is 23.0 Å². The maximum atomic E-state index is 15.2. The monoisotopic (exact) mass is 1050 g/mol. The van der Waals surface area contributed by atoms with Crippen LogP contribution in [0.4, 0.5) is 54.5 Å². The van der Waals surface area contributed by atoms with Crippen molar-refractivity contribution in [1.82, 2.24) is 34.8 Å². The van der Waals surface area contributed by atoms with E-state index in [1.54, 1.807) is 20.1 Å². The molecular formula is C44H41ClF10N8O5S2. The van der Waals surface area contributed by atoms with Gasteiger partial charge in [-0.25, -0.2) is 22.8 Å². The average Bonchev–Trinajstić information content (AvgIpc) is 3.90. The maximum Gasteiger partial charge on any atom is 0.435 e. The average molecular weight is 1050 g/mol. The Labute approximate surface area is 404 Å². The smallest absolute Gasteiger partial charge is 0.435 e. The second-order valence-corrected chi connectivity index (χ2v) is 19.6. The van der Waals surface area contributed by atoms with Gasteiger partial charge in [-0.15, -0.1) is 11.8 Å². The van der Waals surface area contributed by atoms with Crippen molar-refractivity contribution in [2.45, 2.75) is 88.1 Å². The van der Waals surface area contributed by atoms with Crippen LogP contribution >= 0.6 is 23.4 Å². The summed E-state index contributed by atoms with van der Waals surface area (Å²) >= 11 is 8.06. The molecule has 0 bridgehead atoms. The molecule has 6 rings (SSSR count). The molecule has 0 fully saturated rings. The predicted octanol–water partition coefficient (Wildman–Crippen LogP) is 9.46. The van der Waals surface area contributed by atoms with E-state index in [0.717, 1.165) is 23.3 Å². The Kier molecular flexibility index (Phi) is 15.6. The highest BCUT2D eigenvalue weighted by Gasteiger charge is 2.50. The molecule has 0 saturated carbocycles. The van der Waals surface area contributed by atoms with Crippen molar-refractivity contribution in [2.75, 3.05) is 30.4 Å². The van der Waals surface area contributed by atoms with E-state index in [1.807, 2.05) is 0 Å². The fourth-order valence-corrected chi connectivity index (χ4v) is 8.81. The number of anilines is 1.